The maximum atomic E-state index is 13.1. The standard InChI is InChI=1S/C27H30N10O/c1-27(2,3)37-16-23(33-34-37)26(38)32-21-7-9-28-12-18-11-17(5-6-20(18)21)25-24-8-10-29-36(24)15-22(31-25)19-13-30-35(4)14-19/h5-6,8,10-11,13-16,21,28H,7,9,12H2,1-4H3,(H,32,38). The molecule has 1 unspecified atom stereocenters. The third-order valence-electron chi connectivity index (χ3n) is 6.83. The van der Waals surface area contributed by atoms with Crippen molar-refractivity contribution in [3.8, 4) is 22.5 Å². The van der Waals surface area contributed by atoms with Crippen LogP contribution < -0.4 is 10.6 Å². The summed E-state index contributed by atoms with van der Waals surface area (Å²) in [5.74, 6) is -0.228. The Morgan fingerprint density at radius 1 is 1.11 bits per heavy atom. The number of hydrogen-bond donors (Lipinski definition) is 2. The van der Waals surface area contributed by atoms with Crippen LogP contribution in [0.15, 0.2) is 55.2 Å². The van der Waals surface area contributed by atoms with E-state index in [1.54, 1.807) is 28.0 Å². The van der Waals surface area contributed by atoms with Crippen molar-refractivity contribution in [3.05, 3.63) is 72.1 Å². The molecule has 38 heavy (non-hydrogen) atoms. The smallest absolute Gasteiger partial charge is 0.273 e. The van der Waals surface area contributed by atoms with Gasteiger partial charge in [0.05, 0.1) is 53.3 Å². The van der Waals surface area contributed by atoms with Gasteiger partial charge in [0.1, 0.15) is 0 Å². The highest BCUT2D eigenvalue weighted by molar-refractivity contribution is 5.92. The molecule has 0 radical (unpaired) electrons. The monoisotopic (exact) mass is 510 g/mol. The van der Waals surface area contributed by atoms with E-state index in [2.05, 4.69) is 49.3 Å². The summed E-state index contributed by atoms with van der Waals surface area (Å²) in [6, 6.07) is 8.14. The molecule has 1 amide bonds. The number of nitrogens with zero attached hydrogens (tertiary/aromatic N) is 8. The Labute approximate surface area is 219 Å². The molecule has 194 valence electrons. The maximum Gasteiger partial charge on any atom is 0.273 e. The Bertz CT molecular complexity index is 1640. The van der Waals surface area contributed by atoms with Gasteiger partial charge in [-0.05, 0) is 57.0 Å². The van der Waals surface area contributed by atoms with Crippen LogP contribution in [0.4, 0.5) is 0 Å². The van der Waals surface area contributed by atoms with Crippen molar-refractivity contribution in [1.82, 2.24) is 50.0 Å². The molecule has 1 aromatic carbocycles. The Morgan fingerprint density at radius 3 is 2.74 bits per heavy atom. The lowest BCUT2D eigenvalue weighted by atomic mass is 9.95. The van der Waals surface area contributed by atoms with Gasteiger partial charge in [0, 0.05) is 30.9 Å². The summed E-state index contributed by atoms with van der Waals surface area (Å²) < 4.78 is 5.32. The number of aromatic nitrogens is 8. The molecule has 11 nitrogen and oxygen atoms in total. The van der Waals surface area contributed by atoms with E-state index in [-0.39, 0.29) is 17.5 Å². The molecule has 2 N–H and O–H groups in total. The maximum absolute atomic E-state index is 13.1. The number of nitrogens with one attached hydrogen (secondary N) is 2. The number of fused-ring (bicyclic) bond motifs is 2. The molecule has 0 saturated carbocycles. The largest absolute Gasteiger partial charge is 0.344 e. The molecule has 0 bridgehead atoms. The van der Waals surface area contributed by atoms with Gasteiger partial charge in [-0.25, -0.2) is 14.2 Å². The lowest BCUT2D eigenvalue weighted by molar-refractivity contribution is 0.0930. The Balaban J connectivity index is 1.34. The van der Waals surface area contributed by atoms with Crippen molar-refractivity contribution in [2.24, 2.45) is 7.05 Å². The zero-order valence-corrected chi connectivity index (χ0v) is 21.9. The lowest BCUT2D eigenvalue weighted by Gasteiger charge is -2.19. The van der Waals surface area contributed by atoms with Crippen LogP contribution in [0.5, 0.6) is 0 Å². The van der Waals surface area contributed by atoms with Crippen LogP contribution in [0.3, 0.4) is 0 Å². The molecule has 0 fully saturated rings. The van der Waals surface area contributed by atoms with Crippen LogP contribution in [0.25, 0.3) is 28.0 Å². The lowest BCUT2D eigenvalue weighted by Crippen LogP contribution is -2.30. The summed E-state index contributed by atoms with van der Waals surface area (Å²) >= 11 is 0. The van der Waals surface area contributed by atoms with Crippen molar-refractivity contribution in [2.45, 2.75) is 45.3 Å². The molecule has 1 aliphatic rings. The minimum absolute atomic E-state index is 0.147. The topological polar surface area (TPSA) is 120 Å². The van der Waals surface area contributed by atoms with E-state index in [0.717, 1.165) is 52.1 Å². The van der Waals surface area contributed by atoms with Crippen LogP contribution >= 0.6 is 0 Å². The summed E-state index contributed by atoms with van der Waals surface area (Å²) in [5, 5.41) is 23.7. The predicted octanol–water partition coefficient (Wildman–Crippen LogP) is 3.11. The molecular formula is C27H30N10O. The van der Waals surface area contributed by atoms with Crippen molar-refractivity contribution in [1.29, 1.82) is 0 Å². The van der Waals surface area contributed by atoms with Crippen LogP contribution in [0.1, 0.15) is 54.8 Å². The number of benzene rings is 1. The van der Waals surface area contributed by atoms with Crippen molar-refractivity contribution < 1.29 is 4.79 Å². The van der Waals surface area contributed by atoms with Gasteiger partial charge in [0.15, 0.2) is 5.69 Å². The average molecular weight is 511 g/mol. The molecule has 6 rings (SSSR count). The van der Waals surface area contributed by atoms with Gasteiger partial charge in [0.25, 0.3) is 5.91 Å². The van der Waals surface area contributed by atoms with E-state index in [1.165, 1.54) is 0 Å². The van der Waals surface area contributed by atoms with E-state index in [0.29, 0.717) is 12.2 Å². The fraction of sp³-hybridized carbons (Fsp3) is 0.333. The van der Waals surface area contributed by atoms with E-state index < -0.39 is 0 Å². The normalized spacial score (nSPS) is 15.8. The Morgan fingerprint density at radius 2 is 1.97 bits per heavy atom. The Hall–Kier alpha value is -4.38. The van der Waals surface area contributed by atoms with E-state index in [1.807, 2.05) is 50.8 Å². The van der Waals surface area contributed by atoms with E-state index >= 15 is 0 Å². The zero-order valence-electron chi connectivity index (χ0n) is 21.9. The highest BCUT2D eigenvalue weighted by Crippen LogP contribution is 2.31. The molecule has 0 aliphatic carbocycles. The molecule has 4 aromatic heterocycles. The highest BCUT2D eigenvalue weighted by atomic mass is 16.2. The quantitative estimate of drug-likeness (QED) is 0.381. The van der Waals surface area contributed by atoms with Crippen molar-refractivity contribution in [3.63, 3.8) is 0 Å². The summed E-state index contributed by atoms with van der Waals surface area (Å²) in [4.78, 5) is 18.1. The number of rotatable bonds is 4. The predicted molar refractivity (Wildman–Crippen MR) is 142 cm³/mol. The van der Waals surface area contributed by atoms with Crippen LogP contribution in [0.2, 0.25) is 0 Å². The molecule has 1 aliphatic heterocycles. The van der Waals surface area contributed by atoms with Crippen LogP contribution in [-0.4, -0.2) is 51.8 Å². The molecule has 5 heterocycles. The number of aryl methyl sites for hydroxylation is 1. The van der Waals surface area contributed by atoms with E-state index in [9.17, 15) is 4.79 Å². The fourth-order valence-corrected chi connectivity index (χ4v) is 4.78. The summed E-state index contributed by atoms with van der Waals surface area (Å²) in [6.07, 6.45) is 9.91. The highest BCUT2D eigenvalue weighted by Gasteiger charge is 2.24. The first-order valence-electron chi connectivity index (χ1n) is 12.7. The zero-order chi connectivity index (χ0) is 26.4. The molecule has 0 spiro atoms. The molecule has 11 heteroatoms. The summed E-state index contributed by atoms with van der Waals surface area (Å²) in [6.45, 7) is 7.55. The number of hydrogen-bond acceptors (Lipinski definition) is 7. The van der Waals surface area contributed by atoms with Gasteiger partial charge in [-0.3, -0.25) is 9.48 Å². The number of carbonyl (C=O) groups is 1. The van der Waals surface area contributed by atoms with Gasteiger partial charge in [-0.15, -0.1) is 5.10 Å². The minimum Gasteiger partial charge on any atom is -0.344 e. The van der Waals surface area contributed by atoms with Gasteiger partial charge in [0.2, 0.25) is 0 Å². The molecule has 1 atom stereocenters. The first kappa shape index (κ1) is 24.0. The molecular weight excluding hydrogens is 480 g/mol. The van der Waals surface area contributed by atoms with Crippen LogP contribution in [0, 0.1) is 0 Å². The van der Waals surface area contributed by atoms with Gasteiger partial charge in [-0.2, -0.15) is 10.2 Å². The average Bonchev–Trinajstić information content (AvgIpc) is 3.63. The van der Waals surface area contributed by atoms with Gasteiger partial charge < -0.3 is 10.6 Å². The second kappa shape index (κ2) is 9.18. The van der Waals surface area contributed by atoms with Crippen molar-refractivity contribution >= 4 is 11.4 Å². The minimum atomic E-state index is -0.246. The summed E-state index contributed by atoms with van der Waals surface area (Å²) in [5.41, 5.74) is 6.75. The first-order valence-corrected chi connectivity index (χ1v) is 12.7. The third-order valence-corrected chi connectivity index (χ3v) is 6.83. The molecule has 5 aromatic rings. The van der Waals surface area contributed by atoms with Crippen molar-refractivity contribution in [2.75, 3.05) is 6.54 Å². The summed E-state index contributed by atoms with van der Waals surface area (Å²) in [7, 11) is 1.89. The number of carbonyl (C=O) groups excluding carboxylic acids is 1. The van der Waals surface area contributed by atoms with Gasteiger partial charge in [-0.1, -0.05) is 17.3 Å². The Kier molecular flexibility index (Phi) is 5.79. The van der Waals surface area contributed by atoms with Crippen LogP contribution in [-0.2, 0) is 19.1 Å². The molecule has 0 saturated heterocycles. The SMILES string of the molecule is Cn1cc(-c2cn3nccc3c(-c3ccc4c(c3)CNCCC4NC(=O)c3cn(C(C)(C)C)nn3)n2)cn1. The second-order valence-corrected chi connectivity index (χ2v) is 10.7. The van der Waals surface area contributed by atoms with E-state index in [4.69, 9.17) is 4.98 Å². The number of amides is 1. The van der Waals surface area contributed by atoms with Gasteiger partial charge >= 0.3 is 0 Å². The second-order valence-electron chi connectivity index (χ2n) is 10.7. The third kappa shape index (κ3) is 4.45. The fourth-order valence-electron chi connectivity index (χ4n) is 4.78. The first-order chi connectivity index (χ1) is 18.3.